The number of benzene rings is 1. The van der Waals surface area contributed by atoms with Crippen molar-refractivity contribution in [1.82, 2.24) is 9.88 Å². The van der Waals surface area contributed by atoms with Gasteiger partial charge < -0.3 is 14.6 Å². The van der Waals surface area contributed by atoms with E-state index in [1.807, 2.05) is 24.3 Å². The number of hydrogen-bond acceptors (Lipinski definition) is 2. The van der Waals surface area contributed by atoms with Crippen molar-refractivity contribution in [2.45, 2.75) is 26.9 Å². The molecule has 0 aliphatic carbocycles. The molecule has 0 saturated heterocycles. The van der Waals surface area contributed by atoms with E-state index >= 15 is 0 Å². The zero-order valence-corrected chi connectivity index (χ0v) is 14.3. The number of aromatic nitrogens is 1. The van der Waals surface area contributed by atoms with Crippen molar-refractivity contribution in [1.29, 1.82) is 0 Å². The van der Waals surface area contributed by atoms with E-state index in [1.54, 1.807) is 0 Å². The average Bonchev–Trinajstić information content (AvgIpc) is 2.86. The summed E-state index contributed by atoms with van der Waals surface area (Å²) in [6.45, 7) is 7.95. The molecule has 1 N–H and O–H groups in total. The third kappa shape index (κ3) is 5.94. The SMILES string of the molecule is CC(C)CNCc1ccn(CCOc2cccc(Br)c2)c1. The van der Waals surface area contributed by atoms with Crippen molar-refractivity contribution in [2.75, 3.05) is 13.2 Å². The van der Waals surface area contributed by atoms with Crippen molar-refractivity contribution < 1.29 is 4.74 Å². The van der Waals surface area contributed by atoms with Crippen molar-refractivity contribution >= 4 is 15.9 Å². The molecule has 0 aliphatic heterocycles. The second-order valence-corrected chi connectivity index (χ2v) is 6.50. The van der Waals surface area contributed by atoms with Crippen LogP contribution in [0.15, 0.2) is 47.2 Å². The maximum absolute atomic E-state index is 5.75. The van der Waals surface area contributed by atoms with Crippen molar-refractivity contribution in [3.8, 4) is 5.75 Å². The molecule has 0 unspecified atom stereocenters. The van der Waals surface area contributed by atoms with E-state index in [9.17, 15) is 0 Å². The van der Waals surface area contributed by atoms with E-state index in [-0.39, 0.29) is 0 Å². The maximum atomic E-state index is 5.75. The van der Waals surface area contributed by atoms with Gasteiger partial charge in [-0.2, -0.15) is 0 Å². The summed E-state index contributed by atoms with van der Waals surface area (Å²) in [5.74, 6) is 1.58. The summed E-state index contributed by atoms with van der Waals surface area (Å²) in [7, 11) is 0. The lowest BCUT2D eigenvalue weighted by Gasteiger charge is -2.07. The topological polar surface area (TPSA) is 26.2 Å². The first-order chi connectivity index (χ1) is 10.1. The predicted octanol–water partition coefficient (Wildman–Crippen LogP) is 4.08. The molecule has 3 nitrogen and oxygen atoms in total. The number of nitrogens with one attached hydrogen (secondary N) is 1. The zero-order chi connectivity index (χ0) is 15.1. The minimum absolute atomic E-state index is 0.671. The summed E-state index contributed by atoms with van der Waals surface area (Å²) >= 11 is 3.44. The standard InChI is InChI=1S/C17H23BrN2O/c1-14(2)11-19-12-15-6-7-20(13-15)8-9-21-17-5-3-4-16(18)10-17/h3-7,10,13-14,19H,8-9,11-12H2,1-2H3. The molecule has 0 aliphatic rings. The molecule has 0 fully saturated rings. The Hall–Kier alpha value is -1.26. The number of rotatable bonds is 8. The van der Waals surface area contributed by atoms with Crippen LogP contribution in [0, 0.1) is 5.92 Å². The van der Waals surface area contributed by atoms with Crippen LogP contribution in [0.4, 0.5) is 0 Å². The first-order valence-electron chi connectivity index (χ1n) is 7.37. The quantitative estimate of drug-likeness (QED) is 0.776. The van der Waals surface area contributed by atoms with Crippen LogP contribution in [0.5, 0.6) is 5.75 Å². The summed E-state index contributed by atoms with van der Waals surface area (Å²) in [4.78, 5) is 0. The molecule has 1 heterocycles. The Balaban J connectivity index is 1.72. The monoisotopic (exact) mass is 350 g/mol. The molecule has 0 atom stereocenters. The first kappa shape index (κ1) is 16.1. The van der Waals surface area contributed by atoms with Gasteiger partial charge in [-0.1, -0.05) is 35.8 Å². The van der Waals surface area contributed by atoms with Crippen molar-refractivity contribution in [3.05, 3.63) is 52.8 Å². The van der Waals surface area contributed by atoms with Crippen LogP contribution in [-0.2, 0) is 13.1 Å². The minimum Gasteiger partial charge on any atom is -0.492 e. The molecule has 1 aromatic carbocycles. The van der Waals surface area contributed by atoms with Crippen LogP contribution in [0.25, 0.3) is 0 Å². The molecule has 0 spiro atoms. The van der Waals surface area contributed by atoms with E-state index in [4.69, 9.17) is 4.74 Å². The molecule has 4 heteroatoms. The molecule has 2 aromatic rings. The number of halogens is 1. The van der Waals surface area contributed by atoms with E-state index < -0.39 is 0 Å². The van der Waals surface area contributed by atoms with Crippen LogP contribution in [-0.4, -0.2) is 17.7 Å². The summed E-state index contributed by atoms with van der Waals surface area (Å²) in [5, 5.41) is 3.45. The molecule has 1 aromatic heterocycles. The van der Waals surface area contributed by atoms with Crippen LogP contribution < -0.4 is 10.1 Å². The highest BCUT2D eigenvalue weighted by molar-refractivity contribution is 9.10. The second kappa shape index (κ2) is 8.25. The minimum atomic E-state index is 0.671. The molecule has 0 radical (unpaired) electrons. The van der Waals surface area contributed by atoms with E-state index in [2.05, 4.69) is 58.1 Å². The van der Waals surface area contributed by atoms with Gasteiger partial charge in [0.1, 0.15) is 12.4 Å². The van der Waals surface area contributed by atoms with E-state index in [0.29, 0.717) is 12.5 Å². The fourth-order valence-corrected chi connectivity index (χ4v) is 2.44. The van der Waals surface area contributed by atoms with Crippen LogP contribution >= 0.6 is 15.9 Å². The highest BCUT2D eigenvalue weighted by Crippen LogP contribution is 2.17. The molecule has 0 saturated carbocycles. The van der Waals surface area contributed by atoms with Crippen LogP contribution in [0.2, 0.25) is 0 Å². The van der Waals surface area contributed by atoms with Gasteiger partial charge in [0.25, 0.3) is 0 Å². The van der Waals surface area contributed by atoms with Gasteiger partial charge in [0.05, 0.1) is 6.54 Å². The molecular weight excluding hydrogens is 328 g/mol. The zero-order valence-electron chi connectivity index (χ0n) is 12.7. The summed E-state index contributed by atoms with van der Waals surface area (Å²) in [6, 6.07) is 10.1. The Bertz CT molecular complexity index is 551. The number of nitrogens with zero attached hydrogens (tertiary/aromatic N) is 1. The highest BCUT2D eigenvalue weighted by atomic mass is 79.9. The van der Waals surface area contributed by atoms with Gasteiger partial charge in [-0.25, -0.2) is 0 Å². The first-order valence-corrected chi connectivity index (χ1v) is 8.16. The maximum Gasteiger partial charge on any atom is 0.120 e. The highest BCUT2D eigenvalue weighted by Gasteiger charge is 1.99. The van der Waals surface area contributed by atoms with Gasteiger partial charge in [-0.3, -0.25) is 0 Å². The third-order valence-corrected chi connectivity index (χ3v) is 3.60. The molecule has 21 heavy (non-hydrogen) atoms. The Morgan fingerprint density at radius 1 is 1.29 bits per heavy atom. The van der Waals surface area contributed by atoms with Gasteiger partial charge in [0.15, 0.2) is 0 Å². The number of ether oxygens (including phenoxy) is 1. The van der Waals surface area contributed by atoms with Crippen molar-refractivity contribution in [2.24, 2.45) is 5.92 Å². The van der Waals surface area contributed by atoms with Crippen molar-refractivity contribution in [3.63, 3.8) is 0 Å². The average molecular weight is 351 g/mol. The lowest BCUT2D eigenvalue weighted by Crippen LogP contribution is -2.18. The van der Waals surface area contributed by atoms with Gasteiger partial charge in [0.2, 0.25) is 0 Å². The summed E-state index contributed by atoms with van der Waals surface area (Å²) in [5.41, 5.74) is 1.32. The molecule has 2 rings (SSSR count). The van der Waals surface area contributed by atoms with Gasteiger partial charge in [-0.15, -0.1) is 0 Å². The molecule has 114 valence electrons. The van der Waals surface area contributed by atoms with Crippen LogP contribution in [0.1, 0.15) is 19.4 Å². The Labute approximate surface area is 135 Å². The largest absolute Gasteiger partial charge is 0.492 e. The smallest absolute Gasteiger partial charge is 0.120 e. The Morgan fingerprint density at radius 3 is 2.90 bits per heavy atom. The molecule has 0 amide bonds. The fourth-order valence-electron chi connectivity index (χ4n) is 2.07. The van der Waals surface area contributed by atoms with Gasteiger partial charge in [-0.05, 0) is 42.3 Å². The fraction of sp³-hybridized carbons (Fsp3) is 0.412. The van der Waals surface area contributed by atoms with Gasteiger partial charge >= 0.3 is 0 Å². The molecule has 0 bridgehead atoms. The summed E-state index contributed by atoms with van der Waals surface area (Å²) in [6.07, 6.45) is 4.29. The normalized spacial score (nSPS) is 11.0. The third-order valence-electron chi connectivity index (χ3n) is 3.11. The lowest BCUT2D eigenvalue weighted by atomic mass is 10.2. The van der Waals surface area contributed by atoms with E-state index in [0.717, 1.165) is 29.9 Å². The Kier molecular flexibility index (Phi) is 6.33. The predicted molar refractivity (Wildman–Crippen MR) is 90.6 cm³/mol. The number of hydrogen-bond donors (Lipinski definition) is 1. The molecular formula is C17H23BrN2O. The Morgan fingerprint density at radius 2 is 2.14 bits per heavy atom. The lowest BCUT2D eigenvalue weighted by molar-refractivity contribution is 0.298. The van der Waals surface area contributed by atoms with Crippen LogP contribution in [0.3, 0.4) is 0 Å². The second-order valence-electron chi connectivity index (χ2n) is 5.59. The van der Waals surface area contributed by atoms with E-state index in [1.165, 1.54) is 5.56 Å². The van der Waals surface area contributed by atoms with Gasteiger partial charge in [0, 0.05) is 23.4 Å². The summed E-state index contributed by atoms with van der Waals surface area (Å²) < 4.78 is 8.96.